The predicted octanol–water partition coefficient (Wildman–Crippen LogP) is 2.96. The van der Waals surface area contributed by atoms with Crippen LogP contribution in [0.4, 0.5) is 13.2 Å². The van der Waals surface area contributed by atoms with Crippen LogP contribution in [0, 0.1) is 11.3 Å². The van der Waals surface area contributed by atoms with Crippen LogP contribution in [-0.4, -0.2) is 60.9 Å². The second kappa shape index (κ2) is 11.4. The molecule has 0 aliphatic rings. The normalized spacial score (nSPS) is 14.4. The molecular weight excluding hydrogens is 463 g/mol. The van der Waals surface area contributed by atoms with Gasteiger partial charge in [-0.3, -0.25) is 4.90 Å². The van der Waals surface area contributed by atoms with E-state index in [4.69, 9.17) is 9.47 Å². The van der Waals surface area contributed by atoms with Crippen LogP contribution in [0.5, 0.6) is 5.75 Å². The van der Waals surface area contributed by atoms with Crippen LogP contribution in [-0.2, 0) is 32.7 Å². The van der Waals surface area contributed by atoms with Crippen molar-refractivity contribution in [2.24, 2.45) is 0 Å². The minimum absolute atomic E-state index is 0.0938. The molecule has 12 heteroatoms. The van der Waals surface area contributed by atoms with Gasteiger partial charge >= 0.3 is 12.1 Å². The molecule has 1 heterocycles. The maximum Gasteiger partial charge on any atom is 0.443 e. The molecule has 0 fully saturated rings. The van der Waals surface area contributed by atoms with Crippen LogP contribution < -0.4 is 4.74 Å². The van der Waals surface area contributed by atoms with Crippen molar-refractivity contribution in [3.63, 3.8) is 0 Å². The number of aliphatic hydroxyl groups is 1. The lowest BCUT2D eigenvalue weighted by Crippen LogP contribution is -2.47. The first kappa shape index (κ1) is 26.5. The van der Waals surface area contributed by atoms with Crippen molar-refractivity contribution in [3.8, 4) is 11.8 Å². The number of esters is 1. The van der Waals surface area contributed by atoms with E-state index in [9.17, 15) is 28.3 Å². The summed E-state index contributed by atoms with van der Waals surface area (Å²) in [6, 6.07) is 8.65. The molecule has 2 atom stereocenters. The van der Waals surface area contributed by atoms with E-state index in [1.165, 1.54) is 7.11 Å². The zero-order valence-electron chi connectivity index (χ0n) is 18.3. The highest BCUT2D eigenvalue weighted by atomic mass is 32.1. The Bertz CT molecular complexity index is 961. The van der Waals surface area contributed by atoms with E-state index in [-0.39, 0.29) is 31.4 Å². The number of hydrogen-bond acceptors (Lipinski definition) is 9. The largest absolute Gasteiger partial charge is 0.482 e. The molecule has 0 saturated carbocycles. The van der Waals surface area contributed by atoms with Gasteiger partial charge in [-0.15, -0.1) is 11.3 Å². The summed E-state index contributed by atoms with van der Waals surface area (Å²) < 4.78 is 53.7. The van der Waals surface area contributed by atoms with Crippen molar-refractivity contribution in [3.05, 3.63) is 45.9 Å². The summed E-state index contributed by atoms with van der Waals surface area (Å²) in [5.41, 5.74) is 0.606. The topological polar surface area (TPSA) is 105 Å². The Hall–Kier alpha value is -2.72. The van der Waals surface area contributed by atoms with Gasteiger partial charge in [-0.05, 0) is 31.0 Å². The number of halogens is 3. The van der Waals surface area contributed by atoms with E-state index in [1.54, 1.807) is 29.2 Å². The summed E-state index contributed by atoms with van der Waals surface area (Å²) in [7, 11) is 2.42. The molecule has 1 N–H and O–H groups in total. The van der Waals surface area contributed by atoms with E-state index < -0.39 is 22.9 Å². The summed E-state index contributed by atoms with van der Waals surface area (Å²) in [4.78, 5) is 16.2. The Morgan fingerprint density at radius 3 is 2.48 bits per heavy atom. The van der Waals surface area contributed by atoms with Crippen LogP contribution in [0.3, 0.4) is 0 Å². The van der Waals surface area contributed by atoms with Crippen molar-refractivity contribution >= 4 is 17.3 Å². The van der Waals surface area contributed by atoms with Gasteiger partial charge in [0, 0.05) is 18.5 Å². The fourth-order valence-electron chi connectivity index (χ4n) is 2.96. The average molecular weight is 488 g/mol. The van der Waals surface area contributed by atoms with Crippen LogP contribution in [0.2, 0.25) is 0 Å². The minimum atomic E-state index is -4.63. The number of carbonyl (C=O) groups excluding carboxylic acids is 1. The van der Waals surface area contributed by atoms with Gasteiger partial charge in [0.25, 0.3) is 0 Å². The van der Waals surface area contributed by atoms with E-state index in [0.717, 1.165) is 18.1 Å². The molecule has 2 unspecified atom stereocenters. The number of nitrogens with zero attached hydrogens (tertiary/aromatic N) is 3. The first-order valence-corrected chi connectivity index (χ1v) is 10.6. The van der Waals surface area contributed by atoms with Gasteiger partial charge in [0.05, 0.1) is 26.3 Å². The van der Waals surface area contributed by atoms with Crippen LogP contribution in [0.1, 0.15) is 23.2 Å². The molecule has 2 rings (SSSR count). The second-order valence-corrected chi connectivity index (χ2v) is 8.01. The lowest BCUT2D eigenvalue weighted by atomic mass is 10.0. The fourth-order valence-corrected chi connectivity index (χ4v) is 3.71. The molecule has 33 heavy (non-hydrogen) atoms. The molecule has 180 valence electrons. The predicted molar refractivity (Wildman–Crippen MR) is 112 cm³/mol. The third-order valence-corrected chi connectivity index (χ3v) is 5.73. The molecule has 2 aromatic rings. The van der Waals surface area contributed by atoms with E-state index in [1.807, 2.05) is 13.0 Å². The number of hydrogen-bond donors (Lipinski definition) is 1. The molecule has 8 nitrogen and oxygen atoms in total. The lowest BCUT2D eigenvalue weighted by molar-refractivity contribution is -0.210. The quantitative estimate of drug-likeness (QED) is 0.293. The fraction of sp³-hybridized carbons (Fsp3) is 0.476. The molecule has 0 spiro atoms. The summed E-state index contributed by atoms with van der Waals surface area (Å²) in [5.74, 6) is -2.16. The minimum Gasteiger partial charge on any atom is -0.482 e. The van der Waals surface area contributed by atoms with Gasteiger partial charge in [-0.25, -0.2) is 9.78 Å². The van der Waals surface area contributed by atoms with Gasteiger partial charge < -0.3 is 19.3 Å². The number of rotatable bonds is 11. The van der Waals surface area contributed by atoms with Crippen molar-refractivity contribution in [1.29, 1.82) is 5.26 Å². The summed E-state index contributed by atoms with van der Waals surface area (Å²) in [6.45, 7) is 1.24. The highest BCUT2D eigenvalue weighted by Gasteiger charge is 2.40. The molecule has 1 aromatic carbocycles. The monoisotopic (exact) mass is 487 g/mol. The number of alkyl halides is 3. The van der Waals surface area contributed by atoms with Crippen molar-refractivity contribution in [1.82, 2.24) is 9.88 Å². The van der Waals surface area contributed by atoms with E-state index in [0.29, 0.717) is 23.5 Å². The zero-order valence-corrected chi connectivity index (χ0v) is 19.1. The summed E-state index contributed by atoms with van der Waals surface area (Å²) >= 11 is 0.358. The molecule has 0 bridgehead atoms. The Balaban J connectivity index is 2.10. The lowest BCUT2D eigenvalue weighted by Gasteiger charge is -2.34. The Kier molecular flexibility index (Phi) is 9.18. The number of carbonyl (C=O) groups is 1. The number of thiazole rings is 1. The average Bonchev–Trinajstić information content (AvgIpc) is 3.30. The molecule has 1 aromatic heterocycles. The van der Waals surface area contributed by atoms with Crippen molar-refractivity contribution < 1.29 is 37.3 Å². The SMILES string of the molecule is COC(=O)COc1ccc(CC(C)N(CC#N)CC(O)(OC)c2csc(C(F)(F)F)n2)cc1. The van der Waals surface area contributed by atoms with Gasteiger partial charge in [-0.2, -0.15) is 18.4 Å². The number of methoxy groups -OCH3 is 2. The Morgan fingerprint density at radius 2 is 1.97 bits per heavy atom. The summed E-state index contributed by atoms with van der Waals surface area (Å²) in [5, 5.41) is 20.1. The van der Waals surface area contributed by atoms with Gasteiger partial charge in [0.15, 0.2) is 11.6 Å². The van der Waals surface area contributed by atoms with Gasteiger partial charge in [0.1, 0.15) is 11.4 Å². The maximum absolute atomic E-state index is 12.9. The summed E-state index contributed by atoms with van der Waals surface area (Å²) in [6.07, 6.45) is -4.17. The molecule has 0 radical (unpaired) electrons. The molecular formula is C21H24F3N3O5S. The van der Waals surface area contributed by atoms with Gasteiger partial charge in [0.2, 0.25) is 5.79 Å². The first-order chi connectivity index (χ1) is 15.5. The van der Waals surface area contributed by atoms with Crippen molar-refractivity contribution in [2.45, 2.75) is 31.3 Å². The Morgan fingerprint density at radius 1 is 1.30 bits per heavy atom. The molecule has 0 amide bonds. The molecule has 0 saturated heterocycles. The highest BCUT2D eigenvalue weighted by Crippen LogP contribution is 2.35. The molecule has 0 aliphatic heterocycles. The number of aromatic nitrogens is 1. The number of benzene rings is 1. The highest BCUT2D eigenvalue weighted by molar-refractivity contribution is 7.09. The van der Waals surface area contributed by atoms with Crippen molar-refractivity contribution in [2.75, 3.05) is 33.9 Å². The number of ether oxygens (including phenoxy) is 3. The van der Waals surface area contributed by atoms with E-state index >= 15 is 0 Å². The maximum atomic E-state index is 12.9. The third kappa shape index (κ3) is 7.40. The van der Waals surface area contributed by atoms with Crippen LogP contribution >= 0.6 is 11.3 Å². The second-order valence-electron chi connectivity index (χ2n) is 7.15. The Labute approximate surface area is 193 Å². The number of nitriles is 1. The van der Waals surface area contributed by atoms with Crippen LogP contribution in [0.15, 0.2) is 29.6 Å². The van der Waals surface area contributed by atoms with E-state index in [2.05, 4.69) is 9.72 Å². The standard InChI is InChI=1S/C21H24F3N3O5S/c1-14(10-15-4-6-16(7-5-15)32-11-18(28)30-2)27(9-8-25)13-20(29,31-3)17-12-33-19(26-17)21(22,23)24/h4-7,12,14,29H,9-11,13H2,1-3H3. The third-order valence-electron chi connectivity index (χ3n) is 4.84. The van der Waals surface area contributed by atoms with Gasteiger partial charge in [-0.1, -0.05) is 12.1 Å². The zero-order chi connectivity index (χ0) is 24.6. The molecule has 0 aliphatic carbocycles. The van der Waals surface area contributed by atoms with Crippen LogP contribution in [0.25, 0.3) is 0 Å². The first-order valence-electron chi connectivity index (χ1n) is 9.72. The smallest absolute Gasteiger partial charge is 0.443 e.